The van der Waals surface area contributed by atoms with Crippen molar-refractivity contribution in [1.29, 1.82) is 0 Å². The van der Waals surface area contributed by atoms with Crippen LogP contribution in [-0.4, -0.2) is 5.11 Å². The number of phenolic OH excluding ortho intramolecular Hbond substituents is 1. The zero-order valence-electron chi connectivity index (χ0n) is 17.2. The first kappa shape index (κ1) is 19.0. The minimum Gasteiger partial charge on any atom is -0.507 e. The molecular weight excluding hydrogens is 352 g/mol. The quantitative estimate of drug-likeness (QED) is 0.387. The molecule has 0 atom stereocenters. The summed E-state index contributed by atoms with van der Waals surface area (Å²) in [6.45, 7) is 6.70. The Morgan fingerprint density at radius 2 is 0.931 bits per heavy atom. The van der Waals surface area contributed by atoms with Gasteiger partial charge in [-0.1, -0.05) is 118 Å². The Hall–Kier alpha value is -3.32. The van der Waals surface area contributed by atoms with Crippen LogP contribution in [0.5, 0.6) is 5.75 Å². The van der Waals surface area contributed by atoms with Gasteiger partial charge in [-0.2, -0.15) is 0 Å². The van der Waals surface area contributed by atoms with E-state index in [0.717, 1.165) is 22.3 Å². The zero-order valence-corrected chi connectivity index (χ0v) is 17.2. The molecule has 0 heterocycles. The highest BCUT2D eigenvalue weighted by molar-refractivity contribution is 5.87. The van der Waals surface area contributed by atoms with Gasteiger partial charge in [-0.25, -0.2) is 0 Å². The highest BCUT2D eigenvalue weighted by Crippen LogP contribution is 2.45. The van der Waals surface area contributed by atoms with Gasteiger partial charge >= 0.3 is 0 Å². The van der Waals surface area contributed by atoms with Crippen LogP contribution in [0.15, 0.2) is 97.1 Å². The summed E-state index contributed by atoms with van der Waals surface area (Å²) in [7, 11) is 0. The summed E-state index contributed by atoms with van der Waals surface area (Å²) in [5, 5.41) is 11.2. The number of benzene rings is 4. The van der Waals surface area contributed by atoms with E-state index in [-0.39, 0.29) is 5.41 Å². The number of aromatic hydroxyl groups is 1. The van der Waals surface area contributed by atoms with Crippen LogP contribution in [0.4, 0.5) is 0 Å². The molecule has 1 heteroatoms. The van der Waals surface area contributed by atoms with Crippen LogP contribution < -0.4 is 0 Å². The maximum Gasteiger partial charge on any atom is 0.131 e. The maximum absolute atomic E-state index is 11.2. The maximum atomic E-state index is 11.2. The van der Waals surface area contributed by atoms with Crippen LogP contribution in [-0.2, 0) is 5.41 Å². The van der Waals surface area contributed by atoms with Crippen LogP contribution in [0.2, 0.25) is 0 Å². The molecule has 0 aromatic heterocycles. The summed E-state index contributed by atoms with van der Waals surface area (Å²) in [5.74, 6) is 0.328. The molecule has 0 unspecified atom stereocenters. The lowest BCUT2D eigenvalue weighted by Gasteiger charge is -2.27. The van der Waals surface area contributed by atoms with E-state index in [4.69, 9.17) is 0 Å². The fourth-order valence-electron chi connectivity index (χ4n) is 4.05. The average molecular weight is 379 g/mol. The summed E-state index contributed by atoms with van der Waals surface area (Å²) in [4.78, 5) is 0. The standard InChI is InChI=1S/C28H26O/c1-28(2,3)26-22(20-12-6-4-7-13-20)16-10-18-24(26)25-19-11-17-23(27(25)29)21-14-8-5-9-15-21/h4-19,29H,1-3H3. The van der Waals surface area contributed by atoms with Crippen LogP contribution in [0.25, 0.3) is 33.4 Å². The van der Waals surface area contributed by atoms with Crippen LogP contribution in [0, 0.1) is 0 Å². The molecule has 0 aliphatic carbocycles. The van der Waals surface area contributed by atoms with E-state index in [9.17, 15) is 5.11 Å². The van der Waals surface area contributed by atoms with Crippen molar-refractivity contribution < 1.29 is 5.11 Å². The normalized spacial score (nSPS) is 11.4. The first-order valence-electron chi connectivity index (χ1n) is 10.0. The molecule has 1 nitrogen and oxygen atoms in total. The lowest BCUT2D eigenvalue weighted by molar-refractivity contribution is 0.479. The first-order valence-corrected chi connectivity index (χ1v) is 10.0. The van der Waals surface area contributed by atoms with E-state index in [1.54, 1.807) is 0 Å². The van der Waals surface area contributed by atoms with Gasteiger partial charge in [-0.05, 0) is 33.2 Å². The number of rotatable bonds is 3. The van der Waals surface area contributed by atoms with E-state index in [1.807, 2.05) is 54.6 Å². The first-order chi connectivity index (χ1) is 14.0. The second-order valence-corrected chi connectivity index (χ2v) is 8.41. The minimum atomic E-state index is -0.0863. The van der Waals surface area contributed by atoms with Gasteiger partial charge < -0.3 is 5.11 Å². The fourth-order valence-corrected chi connectivity index (χ4v) is 4.05. The van der Waals surface area contributed by atoms with Crippen molar-refractivity contribution in [3.05, 3.63) is 103 Å². The molecular formula is C28H26O. The van der Waals surface area contributed by atoms with E-state index in [2.05, 4.69) is 63.2 Å². The summed E-state index contributed by atoms with van der Waals surface area (Å²) in [6, 6.07) is 32.9. The van der Waals surface area contributed by atoms with Crippen LogP contribution in [0.1, 0.15) is 26.3 Å². The van der Waals surface area contributed by atoms with Crippen molar-refractivity contribution in [1.82, 2.24) is 0 Å². The lowest BCUT2D eigenvalue weighted by atomic mass is 9.77. The highest BCUT2D eigenvalue weighted by Gasteiger charge is 2.25. The molecule has 4 rings (SSSR count). The van der Waals surface area contributed by atoms with Gasteiger partial charge in [0.15, 0.2) is 0 Å². The Kier molecular flexibility index (Phi) is 4.98. The van der Waals surface area contributed by atoms with Crippen molar-refractivity contribution in [3.8, 4) is 39.1 Å². The second kappa shape index (κ2) is 7.60. The summed E-state index contributed by atoms with van der Waals surface area (Å²) < 4.78 is 0. The molecule has 0 aliphatic rings. The predicted octanol–water partition coefficient (Wildman–Crippen LogP) is 7.69. The zero-order chi connectivity index (χ0) is 20.4. The number of para-hydroxylation sites is 1. The van der Waals surface area contributed by atoms with Crippen molar-refractivity contribution >= 4 is 0 Å². The molecule has 0 amide bonds. The molecule has 0 fully saturated rings. The van der Waals surface area contributed by atoms with Gasteiger partial charge in [0.1, 0.15) is 5.75 Å². The van der Waals surface area contributed by atoms with Gasteiger partial charge in [0.25, 0.3) is 0 Å². The summed E-state index contributed by atoms with van der Waals surface area (Å²) in [5.41, 5.74) is 7.38. The van der Waals surface area contributed by atoms with Gasteiger partial charge in [0.05, 0.1) is 0 Å². The molecule has 29 heavy (non-hydrogen) atoms. The van der Waals surface area contributed by atoms with Gasteiger partial charge in [-0.3, -0.25) is 0 Å². The molecule has 0 saturated carbocycles. The van der Waals surface area contributed by atoms with Crippen molar-refractivity contribution in [2.75, 3.05) is 0 Å². The number of hydrogen-bond acceptors (Lipinski definition) is 1. The Morgan fingerprint density at radius 1 is 0.483 bits per heavy atom. The third kappa shape index (κ3) is 3.69. The smallest absolute Gasteiger partial charge is 0.131 e. The summed E-state index contributed by atoms with van der Waals surface area (Å²) >= 11 is 0. The Morgan fingerprint density at radius 3 is 1.48 bits per heavy atom. The SMILES string of the molecule is CC(C)(C)c1c(-c2ccccc2)cccc1-c1cccc(-c2ccccc2)c1O. The monoisotopic (exact) mass is 378 g/mol. The molecule has 144 valence electrons. The topological polar surface area (TPSA) is 20.2 Å². The van der Waals surface area contributed by atoms with Crippen molar-refractivity contribution in [2.24, 2.45) is 0 Å². The Balaban J connectivity index is 1.98. The molecule has 0 bridgehead atoms. The van der Waals surface area contributed by atoms with E-state index in [1.165, 1.54) is 16.7 Å². The molecule has 4 aromatic carbocycles. The third-order valence-corrected chi connectivity index (χ3v) is 5.31. The van der Waals surface area contributed by atoms with Crippen molar-refractivity contribution in [3.63, 3.8) is 0 Å². The molecule has 0 spiro atoms. The Labute approximate surface area is 173 Å². The summed E-state index contributed by atoms with van der Waals surface area (Å²) in [6.07, 6.45) is 0. The predicted molar refractivity (Wildman–Crippen MR) is 123 cm³/mol. The second-order valence-electron chi connectivity index (χ2n) is 8.41. The molecule has 0 saturated heterocycles. The molecule has 1 N–H and O–H groups in total. The van der Waals surface area contributed by atoms with Crippen LogP contribution >= 0.6 is 0 Å². The largest absolute Gasteiger partial charge is 0.507 e. The van der Waals surface area contributed by atoms with E-state index < -0.39 is 0 Å². The van der Waals surface area contributed by atoms with E-state index in [0.29, 0.717) is 5.75 Å². The average Bonchev–Trinajstić information content (AvgIpc) is 2.74. The van der Waals surface area contributed by atoms with Gasteiger partial charge in [0, 0.05) is 11.1 Å². The van der Waals surface area contributed by atoms with Gasteiger partial charge in [-0.15, -0.1) is 0 Å². The van der Waals surface area contributed by atoms with Crippen LogP contribution in [0.3, 0.4) is 0 Å². The number of phenols is 1. The number of hydrogen-bond donors (Lipinski definition) is 1. The van der Waals surface area contributed by atoms with E-state index >= 15 is 0 Å². The highest BCUT2D eigenvalue weighted by atomic mass is 16.3. The third-order valence-electron chi connectivity index (χ3n) is 5.31. The molecule has 4 aromatic rings. The molecule has 0 radical (unpaired) electrons. The fraction of sp³-hybridized carbons (Fsp3) is 0.143. The Bertz CT molecular complexity index is 1120. The minimum absolute atomic E-state index is 0.0863. The molecule has 0 aliphatic heterocycles. The van der Waals surface area contributed by atoms with Gasteiger partial charge in [0.2, 0.25) is 0 Å². The van der Waals surface area contributed by atoms with Crippen molar-refractivity contribution in [2.45, 2.75) is 26.2 Å². The lowest BCUT2D eigenvalue weighted by Crippen LogP contribution is -2.14.